The Kier molecular flexibility index (Phi) is 2.65. The van der Waals surface area contributed by atoms with Gasteiger partial charge in [0.25, 0.3) is 0 Å². The van der Waals surface area contributed by atoms with E-state index in [1.165, 1.54) is 24.1 Å². The fraction of sp³-hybridized carbons (Fsp3) is 0.385. The van der Waals surface area contributed by atoms with Gasteiger partial charge in [-0.25, -0.2) is 4.98 Å². The molecule has 0 aromatic carbocycles. The number of rotatable bonds is 4. The Hall–Kier alpha value is -1.68. The fourth-order valence-electron chi connectivity index (χ4n) is 1.89. The maximum absolute atomic E-state index is 4.37. The number of hydrogen-bond acceptors (Lipinski definition) is 3. The second-order valence-electron chi connectivity index (χ2n) is 4.58. The van der Waals surface area contributed by atoms with Crippen LogP contribution in [-0.4, -0.2) is 20.6 Å². The number of imidazole rings is 1. The number of nitrogens with one attached hydrogen (secondary N) is 1. The van der Waals surface area contributed by atoms with Crippen molar-refractivity contribution >= 4 is 0 Å². The molecule has 0 saturated heterocycles. The van der Waals surface area contributed by atoms with Crippen LogP contribution in [0, 0.1) is 6.92 Å². The van der Waals surface area contributed by atoms with Crippen molar-refractivity contribution in [2.24, 2.45) is 0 Å². The summed E-state index contributed by atoms with van der Waals surface area (Å²) >= 11 is 0. The number of aryl methyl sites for hydroxylation is 1. The molecule has 2 aromatic rings. The van der Waals surface area contributed by atoms with Crippen LogP contribution in [0.15, 0.2) is 31.0 Å². The fourth-order valence-corrected chi connectivity index (χ4v) is 1.89. The lowest BCUT2D eigenvalue weighted by Gasteiger charge is -2.11. The Morgan fingerprint density at radius 3 is 3.06 bits per heavy atom. The van der Waals surface area contributed by atoms with Crippen molar-refractivity contribution in [3.05, 3.63) is 42.2 Å². The second kappa shape index (κ2) is 4.30. The van der Waals surface area contributed by atoms with Crippen LogP contribution < -0.4 is 5.32 Å². The molecular formula is C13H16N4. The van der Waals surface area contributed by atoms with E-state index in [0.29, 0.717) is 6.04 Å². The maximum Gasteiger partial charge on any atom is 0.0991 e. The monoisotopic (exact) mass is 228 g/mol. The molecule has 1 aliphatic rings. The topological polar surface area (TPSA) is 42.7 Å². The molecule has 1 aliphatic carbocycles. The Morgan fingerprint density at radius 1 is 1.47 bits per heavy atom. The number of aromatic nitrogens is 3. The third-order valence-corrected chi connectivity index (χ3v) is 3.04. The Balaban J connectivity index is 1.89. The molecule has 0 atom stereocenters. The molecule has 0 radical (unpaired) electrons. The van der Waals surface area contributed by atoms with Crippen molar-refractivity contribution in [2.75, 3.05) is 0 Å². The maximum atomic E-state index is 4.37. The molecule has 1 N–H and O–H groups in total. The summed E-state index contributed by atoms with van der Waals surface area (Å²) in [6.07, 6.45) is 10.2. The molecule has 0 aliphatic heterocycles. The van der Waals surface area contributed by atoms with Gasteiger partial charge >= 0.3 is 0 Å². The van der Waals surface area contributed by atoms with Gasteiger partial charge in [0.05, 0.1) is 12.0 Å². The van der Waals surface area contributed by atoms with E-state index in [2.05, 4.69) is 21.4 Å². The van der Waals surface area contributed by atoms with E-state index in [4.69, 9.17) is 0 Å². The van der Waals surface area contributed by atoms with E-state index in [1.54, 1.807) is 6.20 Å². The Bertz CT molecular complexity index is 500. The molecule has 88 valence electrons. The standard InChI is InChI=1S/C13H16N4/c1-10-6-13(17-5-4-14-9-17)11(7-15-10)8-16-12-2-3-12/h4-7,9,12,16H,2-3,8H2,1H3. The molecule has 0 bridgehead atoms. The zero-order valence-electron chi connectivity index (χ0n) is 9.93. The first-order valence-electron chi connectivity index (χ1n) is 6.00. The van der Waals surface area contributed by atoms with E-state index in [-0.39, 0.29) is 0 Å². The molecule has 0 unspecified atom stereocenters. The first-order valence-corrected chi connectivity index (χ1v) is 6.00. The minimum absolute atomic E-state index is 0.715. The molecular weight excluding hydrogens is 212 g/mol. The quantitative estimate of drug-likeness (QED) is 0.868. The first kappa shape index (κ1) is 10.5. The SMILES string of the molecule is Cc1cc(-n2ccnc2)c(CNC2CC2)cn1. The van der Waals surface area contributed by atoms with Gasteiger partial charge in [0.15, 0.2) is 0 Å². The highest BCUT2D eigenvalue weighted by Crippen LogP contribution is 2.21. The predicted molar refractivity (Wildman–Crippen MR) is 66.0 cm³/mol. The number of pyridine rings is 1. The Labute approximate surface area is 101 Å². The van der Waals surface area contributed by atoms with E-state index in [1.807, 2.05) is 30.2 Å². The molecule has 17 heavy (non-hydrogen) atoms. The molecule has 2 aromatic heterocycles. The molecule has 4 nitrogen and oxygen atoms in total. The summed E-state index contributed by atoms with van der Waals surface area (Å²) < 4.78 is 2.04. The zero-order valence-corrected chi connectivity index (χ0v) is 9.93. The summed E-state index contributed by atoms with van der Waals surface area (Å²) in [6.45, 7) is 2.89. The third-order valence-electron chi connectivity index (χ3n) is 3.04. The first-order chi connectivity index (χ1) is 8.33. The third kappa shape index (κ3) is 2.36. The van der Waals surface area contributed by atoms with Crippen molar-refractivity contribution in [1.82, 2.24) is 19.9 Å². The van der Waals surface area contributed by atoms with Gasteiger partial charge in [-0.2, -0.15) is 0 Å². The molecule has 2 heterocycles. The highest BCUT2D eigenvalue weighted by Gasteiger charge is 2.20. The zero-order chi connectivity index (χ0) is 11.7. The minimum Gasteiger partial charge on any atom is -0.310 e. The van der Waals surface area contributed by atoms with Gasteiger partial charge in [-0.1, -0.05) is 0 Å². The summed E-state index contributed by atoms with van der Waals surface area (Å²) in [6, 6.07) is 2.82. The summed E-state index contributed by atoms with van der Waals surface area (Å²) in [5.74, 6) is 0. The number of nitrogens with zero attached hydrogens (tertiary/aromatic N) is 3. The normalized spacial score (nSPS) is 15.1. The summed E-state index contributed by atoms with van der Waals surface area (Å²) in [7, 11) is 0. The smallest absolute Gasteiger partial charge is 0.0991 e. The van der Waals surface area contributed by atoms with Gasteiger partial charge < -0.3 is 9.88 Å². The van der Waals surface area contributed by atoms with Crippen LogP contribution in [0.4, 0.5) is 0 Å². The van der Waals surface area contributed by atoms with Gasteiger partial charge in [0, 0.05) is 42.4 Å². The van der Waals surface area contributed by atoms with Crippen LogP contribution in [0.1, 0.15) is 24.1 Å². The van der Waals surface area contributed by atoms with Crippen LogP contribution in [0.25, 0.3) is 5.69 Å². The van der Waals surface area contributed by atoms with Gasteiger partial charge in [-0.15, -0.1) is 0 Å². The van der Waals surface area contributed by atoms with Crippen LogP contribution in [0.5, 0.6) is 0 Å². The molecule has 4 heteroatoms. The van der Waals surface area contributed by atoms with Crippen LogP contribution in [0.3, 0.4) is 0 Å². The average Bonchev–Trinajstić information content (AvgIpc) is 3.00. The predicted octanol–water partition coefficient (Wildman–Crippen LogP) is 1.83. The molecule has 1 saturated carbocycles. The van der Waals surface area contributed by atoms with E-state index < -0.39 is 0 Å². The number of hydrogen-bond donors (Lipinski definition) is 1. The van der Waals surface area contributed by atoms with E-state index in [9.17, 15) is 0 Å². The lowest BCUT2D eigenvalue weighted by molar-refractivity contribution is 0.682. The molecule has 0 spiro atoms. The van der Waals surface area contributed by atoms with Gasteiger partial charge in [0.2, 0.25) is 0 Å². The van der Waals surface area contributed by atoms with Crippen LogP contribution in [0.2, 0.25) is 0 Å². The Morgan fingerprint density at radius 2 is 2.35 bits per heavy atom. The van der Waals surface area contributed by atoms with E-state index in [0.717, 1.165) is 12.2 Å². The average molecular weight is 228 g/mol. The largest absolute Gasteiger partial charge is 0.310 e. The van der Waals surface area contributed by atoms with Crippen molar-refractivity contribution in [1.29, 1.82) is 0 Å². The van der Waals surface area contributed by atoms with Crippen LogP contribution in [-0.2, 0) is 6.54 Å². The second-order valence-corrected chi connectivity index (χ2v) is 4.58. The van der Waals surface area contributed by atoms with Crippen molar-refractivity contribution in [2.45, 2.75) is 32.4 Å². The van der Waals surface area contributed by atoms with Gasteiger partial charge in [-0.05, 0) is 25.8 Å². The summed E-state index contributed by atoms with van der Waals surface area (Å²) in [5, 5.41) is 3.52. The van der Waals surface area contributed by atoms with Gasteiger partial charge in [0.1, 0.15) is 0 Å². The highest BCUT2D eigenvalue weighted by molar-refractivity contribution is 5.40. The lowest BCUT2D eigenvalue weighted by atomic mass is 10.2. The highest BCUT2D eigenvalue weighted by atomic mass is 15.0. The lowest BCUT2D eigenvalue weighted by Crippen LogP contribution is -2.17. The van der Waals surface area contributed by atoms with Crippen molar-refractivity contribution < 1.29 is 0 Å². The van der Waals surface area contributed by atoms with Crippen LogP contribution >= 0.6 is 0 Å². The van der Waals surface area contributed by atoms with Crippen molar-refractivity contribution in [3.63, 3.8) is 0 Å². The summed E-state index contributed by atoms with van der Waals surface area (Å²) in [5.41, 5.74) is 3.42. The molecule has 3 rings (SSSR count). The van der Waals surface area contributed by atoms with Gasteiger partial charge in [-0.3, -0.25) is 4.98 Å². The molecule has 1 fully saturated rings. The van der Waals surface area contributed by atoms with Crippen molar-refractivity contribution in [3.8, 4) is 5.69 Å². The summed E-state index contributed by atoms with van der Waals surface area (Å²) in [4.78, 5) is 8.47. The molecule has 0 amide bonds. The van der Waals surface area contributed by atoms with E-state index >= 15 is 0 Å². The minimum atomic E-state index is 0.715.